The Balaban J connectivity index is 1.99. The van der Waals surface area contributed by atoms with Crippen molar-refractivity contribution in [3.05, 3.63) is 39.9 Å². The summed E-state index contributed by atoms with van der Waals surface area (Å²) in [6.07, 6.45) is 5.27. The minimum absolute atomic E-state index is 0.0195. The average Bonchev–Trinajstić information content (AvgIpc) is 2.54. The number of hydrogen-bond acceptors (Lipinski definition) is 3. The van der Waals surface area contributed by atoms with Crippen LogP contribution in [0, 0.1) is 5.92 Å². The van der Waals surface area contributed by atoms with Crippen molar-refractivity contribution in [3.8, 4) is 0 Å². The Bertz CT molecular complexity index is 808. The molecule has 5 heteroatoms. The van der Waals surface area contributed by atoms with Gasteiger partial charge < -0.3 is 5.32 Å². The van der Waals surface area contributed by atoms with Crippen LogP contribution in [0.3, 0.4) is 0 Å². The highest BCUT2D eigenvalue weighted by molar-refractivity contribution is 5.97. The number of nitrogens with one attached hydrogen (secondary N) is 1. The van der Waals surface area contributed by atoms with Gasteiger partial charge in [-0.25, -0.2) is 4.98 Å². The fraction of sp³-hybridized carbons (Fsp3) is 0.526. The van der Waals surface area contributed by atoms with Crippen LogP contribution in [0.15, 0.2) is 23.0 Å². The maximum absolute atomic E-state index is 12.8. The molecule has 5 nitrogen and oxygen atoms in total. The van der Waals surface area contributed by atoms with E-state index in [1.165, 1.54) is 12.8 Å². The molecule has 0 fully saturated rings. The molecule has 2 aromatic rings. The summed E-state index contributed by atoms with van der Waals surface area (Å²) < 4.78 is 1.82. The van der Waals surface area contributed by atoms with Gasteiger partial charge in [0.05, 0.1) is 10.9 Å². The summed E-state index contributed by atoms with van der Waals surface area (Å²) in [5.41, 5.74) is 1.21. The second kappa shape index (κ2) is 7.16. The molecule has 0 aliphatic carbocycles. The second-order valence-corrected chi connectivity index (χ2v) is 6.98. The predicted octanol–water partition coefficient (Wildman–Crippen LogP) is 2.90. The van der Waals surface area contributed by atoms with Gasteiger partial charge >= 0.3 is 0 Å². The summed E-state index contributed by atoms with van der Waals surface area (Å²) in [7, 11) is 0. The van der Waals surface area contributed by atoms with Gasteiger partial charge in [0.1, 0.15) is 5.82 Å². The molecule has 1 aromatic carbocycles. The van der Waals surface area contributed by atoms with E-state index in [1.807, 2.05) is 4.57 Å². The number of benzene rings is 1. The Labute approximate surface area is 142 Å². The van der Waals surface area contributed by atoms with Crippen molar-refractivity contribution < 1.29 is 4.79 Å². The SMILES string of the molecule is CC(C)CNC(=O)c1ccc2c(=O)n3c(nc2c1)CCCCCC3. The van der Waals surface area contributed by atoms with E-state index >= 15 is 0 Å². The second-order valence-electron chi connectivity index (χ2n) is 6.98. The number of carbonyl (C=O) groups is 1. The van der Waals surface area contributed by atoms with Crippen molar-refractivity contribution in [3.63, 3.8) is 0 Å². The fourth-order valence-electron chi connectivity index (χ4n) is 3.14. The summed E-state index contributed by atoms with van der Waals surface area (Å²) >= 11 is 0. The van der Waals surface area contributed by atoms with Crippen LogP contribution in [-0.4, -0.2) is 22.0 Å². The van der Waals surface area contributed by atoms with Crippen LogP contribution in [-0.2, 0) is 13.0 Å². The standard InChI is InChI=1S/C19H25N3O2/c1-13(2)12-20-18(23)14-8-9-15-16(11-14)21-17-7-5-3-4-6-10-22(17)19(15)24/h8-9,11,13H,3-7,10,12H2,1-2H3,(H,20,23). The van der Waals surface area contributed by atoms with E-state index < -0.39 is 0 Å². The van der Waals surface area contributed by atoms with E-state index in [-0.39, 0.29) is 11.5 Å². The first-order chi connectivity index (χ1) is 11.6. The highest BCUT2D eigenvalue weighted by Crippen LogP contribution is 2.16. The maximum atomic E-state index is 12.8. The van der Waals surface area contributed by atoms with Gasteiger partial charge in [-0.2, -0.15) is 0 Å². The van der Waals surface area contributed by atoms with Gasteiger partial charge in [0.2, 0.25) is 0 Å². The molecule has 3 rings (SSSR count). The molecule has 1 aliphatic rings. The number of amides is 1. The molecule has 0 saturated heterocycles. The van der Waals surface area contributed by atoms with E-state index in [2.05, 4.69) is 19.2 Å². The first-order valence-corrected chi connectivity index (χ1v) is 8.88. The van der Waals surface area contributed by atoms with Crippen LogP contribution in [0.5, 0.6) is 0 Å². The first-order valence-electron chi connectivity index (χ1n) is 8.88. The van der Waals surface area contributed by atoms with Crippen LogP contribution < -0.4 is 10.9 Å². The Morgan fingerprint density at radius 3 is 2.83 bits per heavy atom. The van der Waals surface area contributed by atoms with Crippen molar-refractivity contribution in [2.75, 3.05) is 6.54 Å². The fourth-order valence-corrected chi connectivity index (χ4v) is 3.14. The van der Waals surface area contributed by atoms with E-state index in [4.69, 9.17) is 4.98 Å². The van der Waals surface area contributed by atoms with Crippen LogP contribution in [0.4, 0.5) is 0 Å². The van der Waals surface area contributed by atoms with Crippen LogP contribution in [0.2, 0.25) is 0 Å². The molecule has 1 aromatic heterocycles. The zero-order chi connectivity index (χ0) is 17.1. The molecule has 1 aliphatic heterocycles. The van der Waals surface area contributed by atoms with Gasteiger partial charge in [-0.15, -0.1) is 0 Å². The molecule has 128 valence electrons. The number of rotatable bonds is 3. The Morgan fingerprint density at radius 2 is 2.04 bits per heavy atom. The zero-order valence-electron chi connectivity index (χ0n) is 14.5. The molecular formula is C19H25N3O2. The van der Waals surface area contributed by atoms with Crippen LogP contribution in [0.25, 0.3) is 10.9 Å². The molecule has 0 radical (unpaired) electrons. The highest BCUT2D eigenvalue weighted by Gasteiger charge is 2.14. The number of carbonyl (C=O) groups excluding carboxylic acids is 1. The third-order valence-corrected chi connectivity index (χ3v) is 4.50. The monoisotopic (exact) mass is 327 g/mol. The van der Waals surface area contributed by atoms with E-state index in [9.17, 15) is 9.59 Å². The highest BCUT2D eigenvalue weighted by atomic mass is 16.1. The summed E-state index contributed by atoms with van der Waals surface area (Å²) in [6.45, 7) is 5.49. The first kappa shape index (κ1) is 16.7. The summed E-state index contributed by atoms with van der Waals surface area (Å²) in [5.74, 6) is 1.14. The van der Waals surface area contributed by atoms with Crippen molar-refractivity contribution in [2.45, 2.75) is 52.5 Å². The molecule has 0 bridgehead atoms. The molecule has 1 amide bonds. The number of hydrogen-bond donors (Lipinski definition) is 1. The third kappa shape index (κ3) is 3.50. The van der Waals surface area contributed by atoms with Gasteiger partial charge in [-0.3, -0.25) is 14.2 Å². The molecule has 1 N–H and O–H groups in total. The van der Waals surface area contributed by atoms with Crippen molar-refractivity contribution in [1.29, 1.82) is 0 Å². The minimum Gasteiger partial charge on any atom is -0.352 e. The zero-order valence-corrected chi connectivity index (χ0v) is 14.5. The smallest absolute Gasteiger partial charge is 0.261 e. The van der Waals surface area contributed by atoms with E-state index in [1.54, 1.807) is 18.2 Å². The Kier molecular flexibility index (Phi) is 4.97. The quantitative estimate of drug-likeness (QED) is 0.943. The number of aromatic nitrogens is 2. The molecule has 0 saturated carbocycles. The number of nitrogens with zero attached hydrogens (tertiary/aromatic N) is 2. The Morgan fingerprint density at radius 1 is 1.25 bits per heavy atom. The minimum atomic E-state index is -0.112. The lowest BCUT2D eigenvalue weighted by Gasteiger charge is -2.16. The van der Waals surface area contributed by atoms with Crippen LogP contribution in [0.1, 0.15) is 55.7 Å². The van der Waals surface area contributed by atoms with Crippen LogP contribution >= 0.6 is 0 Å². The normalized spacial score (nSPS) is 15.0. The van der Waals surface area contributed by atoms with Gasteiger partial charge in [0, 0.05) is 25.1 Å². The van der Waals surface area contributed by atoms with Gasteiger partial charge in [0.25, 0.3) is 11.5 Å². The molecule has 24 heavy (non-hydrogen) atoms. The third-order valence-electron chi connectivity index (χ3n) is 4.50. The van der Waals surface area contributed by atoms with Gasteiger partial charge in [-0.05, 0) is 37.0 Å². The lowest BCUT2D eigenvalue weighted by Crippen LogP contribution is -2.28. The molecule has 0 unspecified atom stereocenters. The Hall–Kier alpha value is -2.17. The van der Waals surface area contributed by atoms with Crippen molar-refractivity contribution in [2.24, 2.45) is 5.92 Å². The topological polar surface area (TPSA) is 64.0 Å². The summed E-state index contributed by atoms with van der Waals surface area (Å²) in [4.78, 5) is 29.7. The molecular weight excluding hydrogens is 302 g/mol. The lowest BCUT2D eigenvalue weighted by molar-refractivity contribution is 0.0949. The number of aryl methyl sites for hydroxylation is 1. The largest absolute Gasteiger partial charge is 0.352 e. The summed E-state index contributed by atoms with van der Waals surface area (Å²) in [5, 5.41) is 3.51. The number of fused-ring (bicyclic) bond motifs is 2. The average molecular weight is 327 g/mol. The summed E-state index contributed by atoms with van der Waals surface area (Å²) in [6, 6.07) is 5.20. The van der Waals surface area contributed by atoms with Gasteiger partial charge in [-0.1, -0.05) is 26.7 Å². The van der Waals surface area contributed by atoms with E-state index in [0.717, 1.165) is 31.6 Å². The molecule has 0 atom stereocenters. The molecule has 2 heterocycles. The van der Waals surface area contributed by atoms with Crippen molar-refractivity contribution in [1.82, 2.24) is 14.9 Å². The van der Waals surface area contributed by atoms with Gasteiger partial charge in [0.15, 0.2) is 0 Å². The van der Waals surface area contributed by atoms with E-state index in [0.29, 0.717) is 28.9 Å². The van der Waals surface area contributed by atoms with Crippen molar-refractivity contribution >= 4 is 16.8 Å². The molecule has 0 spiro atoms. The lowest BCUT2D eigenvalue weighted by atomic mass is 10.1. The maximum Gasteiger partial charge on any atom is 0.261 e. The predicted molar refractivity (Wildman–Crippen MR) is 95.3 cm³/mol.